The molecule has 0 saturated heterocycles. The van der Waals surface area contributed by atoms with Gasteiger partial charge < -0.3 is 10.1 Å². The molecule has 0 amide bonds. The molecule has 0 aliphatic carbocycles. The van der Waals surface area contributed by atoms with Gasteiger partial charge >= 0.3 is 0 Å². The maximum Gasteiger partial charge on any atom is 0.222 e. The Bertz CT molecular complexity index is 1020. The minimum absolute atomic E-state index is 0.601. The molecule has 4 aromatic rings. The number of ether oxygens (including phenoxy) is 1. The van der Waals surface area contributed by atoms with Crippen molar-refractivity contribution < 1.29 is 4.74 Å². The Labute approximate surface area is 151 Å². The lowest BCUT2D eigenvalue weighted by Gasteiger charge is -2.09. The summed E-state index contributed by atoms with van der Waals surface area (Å²) < 4.78 is 9.79. The average molecular weight is 348 g/mol. The van der Waals surface area contributed by atoms with Gasteiger partial charge in [0.1, 0.15) is 5.75 Å². The van der Waals surface area contributed by atoms with Crippen LogP contribution >= 0.6 is 0 Å². The molecule has 0 saturated carbocycles. The summed E-state index contributed by atoms with van der Waals surface area (Å²) in [6, 6.07) is 15.6. The summed E-state index contributed by atoms with van der Waals surface area (Å²) in [7, 11) is 1.89. The minimum Gasteiger partial charge on any atom is -0.439 e. The van der Waals surface area contributed by atoms with E-state index in [1.807, 2.05) is 73.1 Å². The average Bonchev–Trinajstić information content (AvgIpc) is 3.18. The van der Waals surface area contributed by atoms with E-state index in [2.05, 4.69) is 20.6 Å². The van der Waals surface area contributed by atoms with E-state index in [-0.39, 0.29) is 0 Å². The van der Waals surface area contributed by atoms with Crippen molar-refractivity contribution in [3.63, 3.8) is 0 Å². The van der Waals surface area contributed by atoms with Crippen LogP contribution in [0.3, 0.4) is 0 Å². The first-order valence-corrected chi connectivity index (χ1v) is 8.47. The predicted molar refractivity (Wildman–Crippen MR) is 98.0 cm³/mol. The van der Waals surface area contributed by atoms with E-state index in [1.165, 1.54) is 0 Å². The highest BCUT2D eigenvalue weighted by atomic mass is 16.5. The zero-order valence-electron chi connectivity index (χ0n) is 14.8. The second-order valence-electron chi connectivity index (χ2n) is 6.06. The Morgan fingerprint density at radius 3 is 2.65 bits per heavy atom. The fraction of sp³-hybridized carbons (Fsp3) is 0.211. The van der Waals surface area contributed by atoms with Crippen LogP contribution in [0.15, 0.2) is 54.7 Å². The molecule has 4 rings (SSSR count). The summed E-state index contributed by atoms with van der Waals surface area (Å²) in [5.41, 5.74) is 2.82. The molecule has 0 aliphatic rings. The lowest BCUT2D eigenvalue weighted by atomic mass is 10.2. The summed E-state index contributed by atoms with van der Waals surface area (Å²) in [6.45, 7) is 3.22. The van der Waals surface area contributed by atoms with E-state index >= 15 is 0 Å². The van der Waals surface area contributed by atoms with Gasteiger partial charge in [0.15, 0.2) is 11.5 Å². The van der Waals surface area contributed by atoms with Crippen LogP contribution in [0.1, 0.15) is 17.1 Å². The van der Waals surface area contributed by atoms with Gasteiger partial charge in [0.2, 0.25) is 5.88 Å². The smallest absolute Gasteiger partial charge is 0.222 e. The molecule has 3 aromatic heterocycles. The summed E-state index contributed by atoms with van der Waals surface area (Å²) in [5.74, 6) is 2.40. The van der Waals surface area contributed by atoms with E-state index in [1.54, 1.807) is 4.68 Å². The minimum atomic E-state index is 0.601. The molecule has 0 radical (unpaired) electrons. The van der Waals surface area contributed by atoms with Crippen molar-refractivity contribution in [3.8, 4) is 11.6 Å². The van der Waals surface area contributed by atoms with Crippen molar-refractivity contribution in [2.45, 2.75) is 20.0 Å². The number of nitrogens with one attached hydrogen (secondary N) is 1. The number of para-hydroxylation sites is 1. The number of fused-ring (bicyclic) bond motifs is 1. The van der Waals surface area contributed by atoms with Crippen molar-refractivity contribution in [3.05, 3.63) is 71.8 Å². The fourth-order valence-electron chi connectivity index (χ4n) is 2.92. The van der Waals surface area contributed by atoms with Gasteiger partial charge in [0, 0.05) is 19.8 Å². The summed E-state index contributed by atoms with van der Waals surface area (Å²) >= 11 is 0. The molecule has 1 N–H and O–H groups in total. The quantitative estimate of drug-likeness (QED) is 0.580. The molecule has 0 spiro atoms. The predicted octanol–water partition coefficient (Wildman–Crippen LogP) is 2.85. The van der Waals surface area contributed by atoms with Crippen LogP contribution in [0.4, 0.5) is 0 Å². The number of hydrogen-bond acceptors (Lipinski definition) is 5. The number of nitrogens with zero attached hydrogens (tertiary/aromatic N) is 5. The number of aryl methyl sites for hydroxylation is 2. The Morgan fingerprint density at radius 1 is 1.00 bits per heavy atom. The molecule has 1 aromatic carbocycles. The van der Waals surface area contributed by atoms with Crippen LogP contribution in [0, 0.1) is 6.92 Å². The maximum atomic E-state index is 6.05. The number of pyridine rings is 1. The third-order valence-electron chi connectivity index (χ3n) is 4.22. The van der Waals surface area contributed by atoms with Crippen molar-refractivity contribution in [2.75, 3.05) is 0 Å². The van der Waals surface area contributed by atoms with Gasteiger partial charge in [0.25, 0.3) is 0 Å². The zero-order valence-corrected chi connectivity index (χ0v) is 14.8. The Balaban J connectivity index is 1.49. The lowest BCUT2D eigenvalue weighted by molar-refractivity contribution is 0.423. The van der Waals surface area contributed by atoms with E-state index < -0.39 is 0 Å². The van der Waals surface area contributed by atoms with Crippen LogP contribution in [0.25, 0.3) is 5.65 Å². The maximum absolute atomic E-state index is 6.05. The van der Waals surface area contributed by atoms with Gasteiger partial charge in [-0.3, -0.25) is 4.40 Å². The van der Waals surface area contributed by atoms with Gasteiger partial charge in [-0.1, -0.05) is 24.3 Å². The Morgan fingerprint density at radius 2 is 1.81 bits per heavy atom. The molecule has 0 bridgehead atoms. The fourth-order valence-corrected chi connectivity index (χ4v) is 2.92. The Kier molecular flexibility index (Phi) is 4.37. The third kappa shape index (κ3) is 3.16. The highest BCUT2D eigenvalue weighted by Gasteiger charge is 2.15. The largest absolute Gasteiger partial charge is 0.439 e. The zero-order chi connectivity index (χ0) is 17.9. The second kappa shape index (κ2) is 6.97. The highest BCUT2D eigenvalue weighted by molar-refractivity contribution is 5.37. The molecule has 0 unspecified atom stereocenters. The summed E-state index contributed by atoms with van der Waals surface area (Å²) in [5, 5.41) is 16.3. The van der Waals surface area contributed by atoms with Gasteiger partial charge in [-0.05, 0) is 31.2 Å². The standard InChI is InChI=1S/C19H20N6O/c1-14-16(19(24(2)23-14)26-15-8-4-3-5-9-15)12-20-13-18-22-21-17-10-6-7-11-25(17)18/h3-11,20H,12-13H2,1-2H3. The van der Waals surface area contributed by atoms with Crippen LogP contribution in [-0.2, 0) is 20.1 Å². The molecule has 7 heteroatoms. The van der Waals surface area contributed by atoms with E-state index in [4.69, 9.17) is 4.74 Å². The van der Waals surface area contributed by atoms with Gasteiger partial charge in [-0.2, -0.15) is 5.10 Å². The SMILES string of the molecule is Cc1nn(C)c(Oc2ccccc2)c1CNCc1nnc2ccccn12. The topological polar surface area (TPSA) is 69.3 Å². The normalized spacial score (nSPS) is 11.2. The molecule has 0 aliphatic heterocycles. The van der Waals surface area contributed by atoms with Gasteiger partial charge in [-0.15, -0.1) is 10.2 Å². The lowest BCUT2D eigenvalue weighted by Crippen LogP contribution is -2.15. The molecule has 7 nitrogen and oxygen atoms in total. The molecular weight excluding hydrogens is 328 g/mol. The van der Waals surface area contributed by atoms with Crippen molar-refractivity contribution >= 4 is 5.65 Å². The number of hydrogen-bond donors (Lipinski definition) is 1. The number of benzene rings is 1. The van der Waals surface area contributed by atoms with E-state index in [0.717, 1.165) is 34.4 Å². The third-order valence-corrected chi connectivity index (χ3v) is 4.22. The molecule has 0 atom stereocenters. The Hall–Kier alpha value is -3.19. The van der Waals surface area contributed by atoms with Crippen molar-refractivity contribution in [1.29, 1.82) is 0 Å². The van der Waals surface area contributed by atoms with Crippen LogP contribution in [0.5, 0.6) is 11.6 Å². The molecular formula is C19H20N6O. The summed E-state index contributed by atoms with van der Waals surface area (Å²) in [6.07, 6.45) is 1.96. The first-order chi connectivity index (χ1) is 12.7. The first kappa shape index (κ1) is 16.3. The molecule has 132 valence electrons. The molecule has 3 heterocycles. The summed E-state index contributed by atoms with van der Waals surface area (Å²) in [4.78, 5) is 0. The van der Waals surface area contributed by atoms with Crippen molar-refractivity contribution in [2.24, 2.45) is 7.05 Å². The van der Waals surface area contributed by atoms with Crippen LogP contribution < -0.4 is 10.1 Å². The van der Waals surface area contributed by atoms with E-state index in [9.17, 15) is 0 Å². The number of rotatable bonds is 6. The number of aromatic nitrogens is 5. The van der Waals surface area contributed by atoms with Gasteiger partial charge in [0.05, 0.1) is 17.8 Å². The van der Waals surface area contributed by atoms with Crippen molar-refractivity contribution in [1.82, 2.24) is 29.7 Å². The molecule has 26 heavy (non-hydrogen) atoms. The molecule has 0 fully saturated rings. The highest BCUT2D eigenvalue weighted by Crippen LogP contribution is 2.27. The second-order valence-corrected chi connectivity index (χ2v) is 6.06. The van der Waals surface area contributed by atoms with Crippen LogP contribution in [-0.4, -0.2) is 24.4 Å². The monoisotopic (exact) mass is 348 g/mol. The van der Waals surface area contributed by atoms with Gasteiger partial charge in [-0.25, -0.2) is 4.68 Å². The first-order valence-electron chi connectivity index (χ1n) is 8.47. The van der Waals surface area contributed by atoms with E-state index in [0.29, 0.717) is 13.1 Å². The van der Waals surface area contributed by atoms with Crippen LogP contribution in [0.2, 0.25) is 0 Å².